The third-order valence-corrected chi connectivity index (χ3v) is 1.93. The van der Waals surface area contributed by atoms with E-state index in [0.717, 1.165) is 31.8 Å². The van der Waals surface area contributed by atoms with E-state index in [2.05, 4.69) is 30.5 Å². The first kappa shape index (κ1) is 12.0. The van der Waals surface area contributed by atoms with Gasteiger partial charge in [-0.15, -0.1) is 0 Å². The van der Waals surface area contributed by atoms with Crippen molar-refractivity contribution in [2.45, 2.75) is 13.3 Å². The standard InChI is InChI=1S/C9H19NOS/c1-2-10(7-5-8-11)6-3-4-9-12/h3-4,11-12H,2,5-9H2,1H3/b4-3+. The maximum Gasteiger partial charge on any atom is 0.0443 e. The van der Waals surface area contributed by atoms with Gasteiger partial charge in [-0.25, -0.2) is 0 Å². The SMILES string of the molecule is CCN(C/C=C/CS)CCCO. The molecule has 2 nitrogen and oxygen atoms in total. The van der Waals surface area contributed by atoms with Gasteiger partial charge in [0.25, 0.3) is 0 Å². The summed E-state index contributed by atoms with van der Waals surface area (Å²) in [5.41, 5.74) is 0. The summed E-state index contributed by atoms with van der Waals surface area (Å²) < 4.78 is 0. The van der Waals surface area contributed by atoms with Gasteiger partial charge < -0.3 is 5.11 Å². The number of nitrogens with zero attached hydrogens (tertiary/aromatic N) is 1. The van der Waals surface area contributed by atoms with Crippen LogP contribution in [0.4, 0.5) is 0 Å². The fourth-order valence-corrected chi connectivity index (χ4v) is 1.12. The minimum atomic E-state index is 0.285. The average molecular weight is 189 g/mol. The average Bonchev–Trinajstić information content (AvgIpc) is 2.11. The van der Waals surface area contributed by atoms with Crippen molar-refractivity contribution in [3.05, 3.63) is 12.2 Å². The second kappa shape index (κ2) is 9.10. The van der Waals surface area contributed by atoms with Gasteiger partial charge >= 0.3 is 0 Å². The minimum Gasteiger partial charge on any atom is -0.396 e. The quantitative estimate of drug-likeness (QED) is 0.464. The highest BCUT2D eigenvalue weighted by molar-refractivity contribution is 7.80. The Balaban J connectivity index is 3.45. The van der Waals surface area contributed by atoms with Crippen molar-refractivity contribution in [1.82, 2.24) is 4.90 Å². The summed E-state index contributed by atoms with van der Waals surface area (Å²) >= 11 is 4.08. The molecular formula is C9H19NOS. The largest absolute Gasteiger partial charge is 0.396 e. The normalized spacial score (nSPS) is 11.7. The molecule has 0 heterocycles. The van der Waals surface area contributed by atoms with Crippen molar-refractivity contribution >= 4 is 12.6 Å². The fraction of sp³-hybridized carbons (Fsp3) is 0.778. The Hall–Kier alpha value is 0.01000. The number of aliphatic hydroxyl groups excluding tert-OH is 1. The van der Waals surface area contributed by atoms with Crippen molar-refractivity contribution in [2.75, 3.05) is 32.0 Å². The molecule has 72 valence electrons. The molecule has 0 aliphatic rings. The van der Waals surface area contributed by atoms with Crippen LogP contribution in [0.5, 0.6) is 0 Å². The highest BCUT2D eigenvalue weighted by Crippen LogP contribution is 1.91. The maximum absolute atomic E-state index is 8.63. The zero-order valence-corrected chi connectivity index (χ0v) is 8.63. The van der Waals surface area contributed by atoms with Crippen molar-refractivity contribution < 1.29 is 5.11 Å². The van der Waals surface area contributed by atoms with Gasteiger partial charge in [-0.3, -0.25) is 4.90 Å². The Morgan fingerprint density at radius 3 is 2.67 bits per heavy atom. The van der Waals surface area contributed by atoms with Gasteiger partial charge in [0.2, 0.25) is 0 Å². The van der Waals surface area contributed by atoms with Crippen LogP contribution in [0.2, 0.25) is 0 Å². The van der Waals surface area contributed by atoms with Crippen LogP contribution in [0.3, 0.4) is 0 Å². The lowest BCUT2D eigenvalue weighted by Gasteiger charge is -2.17. The second-order valence-corrected chi connectivity index (χ2v) is 2.99. The van der Waals surface area contributed by atoms with Gasteiger partial charge in [0, 0.05) is 25.4 Å². The van der Waals surface area contributed by atoms with Crippen LogP contribution in [0, 0.1) is 0 Å². The van der Waals surface area contributed by atoms with Gasteiger partial charge in [0.05, 0.1) is 0 Å². The van der Waals surface area contributed by atoms with Crippen molar-refractivity contribution in [3.63, 3.8) is 0 Å². The highest BCUT2D eigenvalue weighted by Gasteiger charge is 1.97. The maximum atomic E-state index is 8.63. The molecule has 0 saturated carbocycles. The summed E-state index contributed by atoms with van der Waals surface area (Å²) in [7, 11) is 0. The first-order valence-corrected chi connectivity index (χ1v) is 5.07. The molecule has 0 atom stereocenters. The molecule has 3 heteroatoms. The van der Waals surface area contributed by atoms with E-state index in [1.54, 1.807) is 0 Å². The van der Waals surface area contributed by atoms with Crippen LogP contribution in [0.15, 0.2) is 12.2 Å². The molecule has 0 saturated heterocycles. The van der Waals surface area contributed by atoms with E-state index in [-0.39, 0.29) is 6.61 Å². The Bertz CT molecular complexity index is 117. The topological polar surface area (TPSA) is 23.5 Å². The predicted molar refractivity (Wildman–Crippen MR) is 56.8 cm³/mol. The smallest absolute Gasteiger partial charge is 0.0443 e. The molecule has 0 aromatic rings. The van der Waals surface area contributed by atoms with Crippen molar-refractivity contribution in [2.24, 2.45) is 0 Å². The van der Waals surface area contributed by atoms with Crippen molar-refractivity contribution in [3.8, 4) is 0 Å². The lowest BCUT2D eigenvalue weighted by atomic mass is 10.3. The van der Waals surface area contributed by atoms with Crippen molar-refractivity contribution in [1.29, 1.82) is 0 Å². The molecule has 0 bridgehead atoms. The van der Waals surface area contributed by atoms with Gasteiger partial charge in [0.1, 0.15) is 0 Å². The number of hydrogen-bond donors (Lipinski definition) is 2. The van der Waals surface area contributed by atoms with E-state index in [9.17, 15) is 0 Å². The Morgan fingerprint density at radius 1 is 1.42 bits per heavy atom. The summed E-state index contributed by atoms with van der Waals surface area (Å²) in [4.78, 5) is 2.29. The second-order valence-electron chi connectivity index (χ2n) is 2.62. The summed E-state index contributed by atoms with van der Waals surface area (Å²) in [6, 6.07) is 0. The molecule has 0 aromatic heterocycles. The fourth-order valence-electron chi connectivity index (χ4n) is 0.971. The van der Waals surface area contributed by atoms with Crippen LogP contribution in [0.25, 0.3) is 0 Å². The van der Waals surface area contributed by atoms with E-state index >= 15 is 0 Å². The molecule has 0 rings (SSSR count). The van der Waals surface area contributed by atoms with Gasteiger partial charge in [0.15, 0.2) is 0 Å². The van der Waals surface area contributed by atoms with E-state index in [0.29, 0.717) is 0 Å². The van der Waals surface area contributed by atoms with Gasteiger partial charge in [-0.2, -0.15) is 12.6 Å². The minimum absolute atomic E-state index is 0.285. The number of likely N-dealkylation sites (N-methyl/N-ethyl adjacent to an activating group) is 1. The Morgan fingerprint density at radius 2 is 2.17 bits per heavy atom. The Kier molecular flexibility index (Phi) is 9.11. The molecule has 0 aliphatic heterocycles. The first-order valence-electron chi connectivity index (χ1n) is 4.44. The molecule has 1 N–H and O–H groups in total. The van der Waals surface area contributed by atoms with E-state index in [4.69, 9.17) is 5.11 Å². The van der Waals surface area contributed by atoms with Crippen LogP contribution in [-0.4, -0.2) is 42.0 Å². The highest BCUT2D eigenvalue weighted by atomic mass is 32.1. The van der Waals surface area contributed by atoms with Gasteiger partial charge in [-0.1, -0.05) is 19.1 Å². The van der Waals surface area contributed by atoms with Crippen LogP contribution in [0.1, 0.15) is 13.3 Å². The number of aliphatic hydroxyl groups is 1. The molecule has 0 aliphatic carbocycles. The van der Waals surface area contributed by atoms with Gasteiger partial charge in [-0.05, 0) is 13.0 Å². The van der Waals surface area contributed by atoms with Crippen LogP contribution < -0.4 is 0 Å². The first-order chi connectivity index (χ1) is 5.85. The molecule has 0 fully saturated rings. The van der Waals surface area contributed by atoms with E-state index in [1.165, 1.54) is 0 Å². The summed E-state index contributed by atoms with van der Waals surface area (Å²) in [5.74, 6) is 0.803. The monoisotopic (exact) mass is 189 g/mol. The molecule has 0 aromatic carbocycles. The Labute approximate surface area is 80.7 Å². The molecular weight excluding hydrogens is 170 g/mol. The summed E-state index contributed by atoms with van der Waals surface area (Å²) in [6.07, 6.45) is 5.03. The number of hydrogen-bond acceptors (Lipinski definition) is 3. The number of rotatable bonds is 7. The molecule has 12 heavy (non-hydrogen) atoms. The molecule has 0 spiro atoms. The third-order valence-electron chi connectivity index (χ3n) is 1.72. The third kappa shape index (κ3) is 6.70. The molecule has 0 radical (unpaired) electrons. The van der Waals surface area contributed by atoms with E-state index in [1.807, 2.05) is 6.08 Å². The predicted octanol–water partition coefficient (Wildman–Crippen LogP) is 1.18. The molecule has 0 amide bonds. The lowest BCUT2D eigenvalue weighted by molar-refractivity contribution is 0.242. The zero-order chi connectivity index (χ0) is 9.23. The van der Waals surface area contributed by atoms with Crippen LogP contribution in [-0.2, 0) is 0 Å². The van der Waals surface area contributed by atoms with E-state index < -0.39 is 0 Å². The lowest BCUT2D eigenvalue weighted by Crippen LogP contribution is -2.25. The number of thiol groups is 1. The zero-order valence-electron chi connectivity index (χ0n) is 7.74. The summed E-state index contributed by atoms with van der Waals surface area (Å²) in [6.45, 7) is 5.40. The molecule has 0 unspecified atom stereocenters. The van der Waals surface area contributed by atoms with Crippen LogP contribution >= 0.6 is 12.6 Å². The summed E-state index contributed by atoms with van der Waals surface area (Å²) in [5, 5.41) is 8.63.